The molecule has 1 aliphatic carbocycles. The first-order valence-electron chi connectivity index (χ1n) is 10.7. The Balaban J connectivity index is 1.96. The maximum atomic E-state index is 4.74. The van der Waals surface area contributed by atoms with Gasteiger partial charge in [0.1, 0.15) is 0 Å². The van der Waals surface area contributed by atoms with Crippen LogP contribution in [0.4, 0.5) is 0 Å². The average molecular weight is 334 g/mol. The number of nitrogens with one attached hydrogen (secondary N) is 2. The van der Waals surface area contributed by atoms with E-state index < -0.39 is 0 Å². The molecule has 0 saturated carbocycles. The Kier molecular flexibility index (Phi) is 10.9. The molecule has 0 spiro atoms. The van der Waals surface area contributed by atoms with Gasteiger partial charge in [0.15, 0.2) is 0 Å². The third kappa shape index (κ3) is 8.86. The molecule has 0 bridgehead atoms. The second-order valence-corrected chi connectivity index (χ2v) is 7.56. The fourth-order valence-corrected chi connectivity index (χ4v) is 3.83. The SMILES string of the molecule is C1=C(C2=NNNCCCCCCCC2)CCCCCCCCCC1. The molecular weight excluding hydrogens is 294 g/mol. The molecule has 0 amide bonds. The molecule has 1 heterocycles. The van der Waals surface area contributed by atoms with Crippen molar-refractivity contribution in [3.8, 4) is 0 Å². The molecule has 2 aliphatic rings. The van der Waals surface area contributed by atoms with Crippen molar-refractivity contribution in [2.75, 3.05) is 6.54 Å². The van der Waals surface area contributed by atoms with Gasteiger partial charge in [-0.1, -0.05) is 70.3 Å². The van der Waals surface area contributed by atoms with Crippen molar-refractivity contribution in [3.63, 3.8) is 0 Å². The van der Waals surface area contributed by atoms with Crippen LogP contribution in [-0.2, 0) is 0 Å². The normalized spacial score (nSPS) is 24.0. The van der Waals surface area contributed by atoms with E-state index in [2.05, 4.69) is 17.0 Å². The van der Waals surface area contributed by atoms with E-state index in [0.29, 0.717) is 0 Å². The van der Waals surface area contributed by atoms with Crippen molar-refractivity contribution in [2.24, 2.45) is 5.10 Å². The summed E-state index contributed by atoms with van der Waals surface area (Å²) in [4.78, 5) is 0. The van der Waals surface area contributed by atoms with Gasteiger partial charge in [-0.15, -0.1) is 0 Å². The first-order chi connectivity index (χ1) is 12.0. The van der Waals surface area contributed by atoms with Gasteiger partial charge in [0.05, 0.1) is 5.71 Å². The van der Waals surface area contributed by atoms with Gasteiger partial charge in [-0.2, -0.15) is 5.10 Å². The van der Waals surface area contributed by atoms with Crippen LogP contribution in [0.15, 0.2) is 16.8 Å². The molecule has 3 nitrogen and oxygen atoms in total. The quantitative estimate of drug-likeness (QED) is 0.615. The lowest BCUT2D eigenvalue weighted by molar-refractivity contribution is 0.506. The number of nitrogens with zero attached hydrogens (tertiary/aromatic N) is 1. The standard InChI is InChI=1S/C21H39N3/c1-2-4-8-12-16-20(17-13-9-5-3-1)21-18-14-10-6-7-11-15-19-22-24-23-21/h16,22,24H,1-15,17-19H2. The number of allylic oxidation sites excluding steroid dienone is 2. The highest BCUT2D eigenvalue weighted by molar-refractivity contribution is 5.99. The molecule has 0 fully saturated rings. The van der Waals surface area contributed by atoms with Crippen LogP contribution < -0.4 is 11.0 Å². The maximum Gasteiger partial charge on any atom is 0.0647 e. The van der Waals surface area contributed by atoms with Crippen LogP contribution >= 0.6 is 0 Å². The van der Waals surface area contributed by atoms with E-state index in [1.165, 1.54) is 114 Å². The summed E-state index contributed by atoms with van der Waals surface area (Å²) >= 11 is 0. The first-order valence-corrected chi connectivity index (χ1v) is 10.7. The first kappa shape index (κ1) is 19.5. The molecule has 0 aromatic rings. The fraction of sp³-hybridized carbons (Fsp3) is 0.857. The van der Waals surface area contributed by atoms with E-state index >= 15 is 0 Å². The summed E-state index contributed by atoms with van der Waals surface area (Å²) in [6, 6.07) is 0. The zero-order valence-electron chi connectivity index (χ0n) is 15.8. The summed E-state index contributed by atoms with van der Waals surface area (Å²) in [5, 5.41) is 4.74. The molecule has 0 atom stereocenters. The number of hydrazine groups is 1. The van der Waals surface area contributed by atoms with Gasteiger partial charge < -0.3 is 0 Å². The molecule has 2 N–H and O–H groups in total. The predicted molar refractivity (Wildman–Crippen MR) is 105 cm³/mol. The van der Waals surface area contributed by atoms with E-state index in [-0.39, 0.29) is 0 Å². The Labute approximate surface area is 149 Å². The Hall–Kier alpha value is -0.830. The maximum absolute atomic E-state index is 4.74. The highest BCUT2D eigenvalue weighted by Crippen LogP contribution is 2.20. The van der Waals surface area contributed by atoms with Crippen molar-refractivity contribution in [1.82, 2.24) is 11.0 Å². The molecule has 0 saturated heterocycles. The van der Waals surface area contributed by atoms with Crippen LogP contribution in [0, 0.1) is 0 Å². The van der Waals surface area contributed by atoms with E-state index in [1.807, 2.05) is 0 Å². The largest absolute Gasteiger partial charge is 0.243 e. The van der Waals surface area contributed by atoms with E-state index in [9.17, 15) is 0 Å². The van der Waals surface area contributed by atoms with E-state index in [0.717, 1.165) is 13.0 Å². The molecule has 0 aromatic heterocycles. The van der Waals surface area contributed by atoms with Gasteiger partial charge in [-0.05, 0) is 50.5 Å². The summed E-state index contributed by atoms with van der Waals surface area (Å²) in [5.74, 6) is 0. The number of rotatable bonds is 1. The van der Waals surface area contributed by atoms with Gasteiger partial charge in [0, 0.05) is 6.54 Å². The fourth-order valence-electron chi connectivity index (χ4n) is 3.83. The molecule has 24 heavy (non-hydrogen) atoms. The Morgan fingerprint density at radius 1 is 0.625 bits per heavy atom. The minimum atomic E-state index is 1.02. The van der Waals surface area contributed by atoms with Crippen molar-refractivity contribution in [3.05, 3.63) is 11.6 Å². The Morgan fingerprint density at radius 2 is 1.21 bits per heavy atom. The Morgan fingerprint density at radius 3 is 1.96 bits per heavy atom. The Bertz CT molecular complexity index is 337. The molecule has 0 aromatic carbocycles. The summed E-state index contributed by atoms with van der Waals surface area (Å²) in [5.41, 5.74) is 9.26. The van der Waals surface area contributed by atoms with Gasteiger partial charge in [-0.3, -0.25) is 0 Å². The molecule has 138 valence electrons. The third-order valence-electron chi connectivity index (χ3n) is 5.40. The van der Waals surface area contributed by atoms with Gasteiger partial charge in [0.25, 0.3) is 0 Å². The molecule has 3 heteroatoms. The summed E-state index contributed by atoms with van der Waals surface area (Å²) < 4.78 is 0. The number of hydrazone groups is 1. The van der Waals surface area contributed by atoms with Crippen LogP contribution in [0.1, 0.15) is 109 Å². The van der Waals surface area contributed by atoms with Gasteiger partial charge >= 0.3 is 0 Å². The van der Waals surface area contributed by atoms with Crippen molar-refractivity contribution in [2.45, 2.75) is 109 Å². The van der Waals surface area contributed by atoms with Crippen LogP contribution in [-0.4, -0.2) is 12.3 Å². The average Bonchev–Trinajstić information content (AvgIpc) is 2.56. The predicted octanol–water partition coefficient (Wildman–Crippen LogP) is 6.02. The van der Waals surface area contributed by atoms with Crippen molar-refractivity contribution < 1.29 is 0 Å². The van der Waals surface area contributed by atoms with Gasteiger partial charge in [-0.25, -0.2) is 11.0 Å². The molecule has 0 radical (unpaired) electrons. The zero-order chi connectivity index (χ0) is 16.7. The highest BCUT2D eigenvalue weighted by atomic mass is 15.6. The van der Waals surface area contributed by atoms with Crippen LogP contribution in [0.25, 0.3) is 0 Å². The molecule has 2 rings (SSSR count). The summed E-state index contributed by atoms with van der Waals surface area (Å²) in [7, 11) is 0. The van der Waals surface area contributed by atoms with Crippen LogP contribution in [0.2, 0.25) is 0 Å². The minimum Gasteiger partial charge on any atom is -0.243 e. The van der Waals surface area contributed by atoms with Crippen LogP contribution in [0.5, 0.6) is 0 Å². The summed E-state index contributed by atoms with van der Waals surface area (Å²) in [6.45, 7) is 1.02. The lowest BCUT2D eigenvalue weighted by atomic mass is 9.95. The lowest BCUT2D eigenvalue weighted by Gasteiger charge is -2.15. The van der Waals surface area contributed by atoms with Crippen LogP contribution in [0.3, 0.4) is 0 Å². The van der Waals surface area contributed by atoms with Gasteiger partial charge in [0.2, 0.25) is 0 Å². The zero-order valence-corrected chi connectivity index (χ0v) is 15.8. The number of hydrogen-bond donors (Lipinski definition) is 2. The summed E-state index contributed by atoms with van der Waals surface area (Å²) in [6.07, 6.45) is 25.3. The lowest BCUT2D eigenvalue weighted by Crippen LogP contribution is -2.29. The highest BCUT2D eigenvalue weighted by Gasteiger charge is 2.09. The molecular formula is C21H39N3. The second kappa shape index (κ2) is 13.5. The smallest absolute Gasteiger partial charge is 0.0647 e. The van der Waals surface area contributed by atoms with Crippen molar-refractivity contribution >= 4 is 5.71 Å². The number of hydrogen-bond acceptors (Lipinski definition) is 3. The second-order valence-electron chi connectivity index (χ2n) is 7.56. The molecule has 1 aliphatic heterocycles. The topological polar surface area (TPSA) is 36.4 Å². The minimum absolute atomic E-state index is 1.02. The molecule has 0 unspecified atom stereocenters. The van der Waals surface area contributed by atoms with E-state index in [4.69, 9.17) is 5.10 Å². The monoisotopic (exact) mass is 333 g/mol. The van der Waals surface area contributed by atoms with E-state index in [1.54, 1.807) is 0 Å². The van der Waals surface area contributed by atoms with Crippen molar-refractivity contribution in [1.29, 1.82) is 0 Å². The third-order valence-corrected chi connectivity index (χ3v) is 5.40.